The molecule has 3 aromatic rings. The van der Waals surface area contributed by atoms with Crippen molar-refractivity contribution in [3.63, 3.8) is 0 Å². The molecule has 0 aliphatic rings. The zero-order valence-electron chi connectivity index (χ0n) is 17.0. The summed E-state index contributed by atoms with van der Waals surface area (Å²) in [4.78, 5) is 14.5. The lowest BCUT2D eigenvalue weighted by Gasteiger charge is -2.11. The van der Waals surface area contributed by atoms with Crippen LogP contribution >= 0.6 is 0 Å². The Bertz CT molecular complexity index is 1040. The molecule has 152 valence electrons. The van der Waals surface area contributed by atoms with Crippen LogP contribution in [0, 0.1) is 20.8 Å². The predicted octanol–water partition coefficient (Wildman–Crippen LogP) is 0.983. The minimum absolute atomic E-state index is 0.0465. The Kier molecular flexibility index (Phi) is 5.69. The van der Waals surface area contributed by atoms with Gasteiger partial charge in [0, 0.05) is 12.1 Å². The van der Waals surface area contributed by atoms with Crippen LogP contribution in [0.15, 0.2) is 21.9 Å². The van der Waals surface area contributed by atoms with Crippen LogP contribution in [0.1, 0.15) is 38.4 Å². The van der Waals surface area contributed by atoms with Gasteiger partial charge in [0.2, 0.25) is 11.6 Å². The number of aromatic nitrogens is 5. The van der Waals surface area contributed by atoms with Crippen LogP contribution < -0.4 is 11.2 Å². The van der Waals surface area contributed by atoms with E-state index in [1.165, 1.54) is 10.2 Å². The average Bonchev–Trinajstić information content (AvgIpc) is 3.22. The first kappa shape index (κ1) is 20.1. The Morgan fingerprint density at radius 1 is 1.28 bits per heavy atom. The predicted molar refractivity (Wildman–Crippen MR) is 107 cm³/mol. The first-order chi connectivity index (χ1) is 13.8. The van der Waals surface area contributed by atoms with Crippen LogP contribution in [0.5, 0.6) is 0 Å². The number of benzene rings is 1. The van der Waals surface area contributed by atoms with Crippen LogP contribution in [0.25, 0.3) is 5.82 Å². The van der Waals surface area contributed by atoms with Crippen LogP contribution in [0.4, 0.5) is 5.82 Å². The van der Waals surface area contributed by atoms with Crippen LogP contribution in [0.2, 0.25) is 0 Å². The molecule has 29 heavy (non-hydrogen) atoms. The molecule has 1 aromatic carbocycles. The van der Waals surface area contributed by atoms with Crippen LogP contribution in [0.3, 0.4) is 0 Å². The molecular formula is C18H23N9O2. The highest BCUT2D eigenvalue weighted by atomic mass is 16.6. The van der Waals surface area contributed by atoms with Crippen LogP contribution in [-0.4, -0.2) is 56.4 Å². The molecule has 3 N–H and O–H groups in total. The van der Waals surface area contributed by atoms with Crippen molar-refractivity contribution in [2.24, 2.45) is 5.10 Å². The molecule has 0 saturated heterocycles. The fourth-order valence-electron chi connectivity index (χ4n) is 3.03. The Morgan fingerprint density at radius 3 is 2.55 bits per heavy atom. The maximum absolute atomic E-state index is 12.7. The fourth-order valence-corrected chi connectivity index (χ4v) is 3.03. The van der Waals surface area contributed by atoms with Gasteiger partial charge in [-0.2, -0.15) is 9.78 Å². The number of nitrogens with two attached hydrogens (primary N) is 1. The van der Waals surface area contributed by atoms with E-state index in [1.54, 1.807) is 6.21 Å². The van der Waals surface area contributed by atoms with E-state index in [0.717, 1.165) is 16.7 Å². The number of hydrogen-bond donors (Lipinski definition) is 2. The van der Waals surface area contributed by atoms with E-state index in [0.29, 0.717) is 12.2 Å². The van der Waals surface area contributed by atoms with E-state index in [1.807, 2.05) is 39.8 Å². The number of hydrazone groups is 1. The van der Waals surface area contributed by atoms with Crippen molar-refractivity contribution in [2.75, 3.05) is 19.8 Å². The number of aryl methyl sites for hydroxylation is 3. The Balaban J connectivity index is 1.86. The molecule has 0 fully saturated rings. The molecular weight excluding hydrogens is 374 g/mol. The molecule has 3 rings (SSSR count). The summed E-state index contributed by atoms with van der Waals surface area (Å²) < 4.78 is 5.95. The lowest BCUT2D eigenvalue weighted by Crippen LogP contribution is -2.23. The topological polar surface area (TPSA) is 140 Å². The second-order valence-electron chi connectivity index (χ2n) is 7.02. The van der Waals surface area contributed by atoms with Gasteiger partial charge in [-0.05, 0) is 56.3 Å². The highest BCUT2D eigenvalue weighted by Gasteiger charge is 2.24. The van der Waals surface area contributed by atoms with Gasteiger partial charge in [-0.15, -0.1) is 5.10 Å². The molecule has 0 saturated carbocycles. The first-order valence-corrected chi connectivity index (χ1v) is 8.87. The molecule has 11 nitrogen and oxygen atoms in total. The SMILES string of the molecule is Cc1cc(C)c(/C=N\NC(=O)c2nnn(-c3nonc3N)c2CN(C)C)c(C)c1. The monoisotopic (exact) mass is 397 g/mol. The summed E-state index contributed by atoms with van der Waals surface area (Å²) in [5, 5.41) is 19.3. The minimum Gasteiger partial charge on any atom is -0.378 e. The lowest BCUT2D eigenvalue weighted by atomic mass is 10.0. The van der Waals surface area contributed by atoms with Gasteiger partial charge in [-0.3, -0.25) is 4.79 Å². The van der Waals surface area contributed by atoms with Gasteiger partial charge in [0.25, 0.3) is 5.91 Å². The number of anilines is 1. The van der Waals surface area contributed by atoms with E-state index in [-0.39, 0.29) is 17.3 Å². The van der Waals surface area contributed by atoms with Crippen LogP contribution in [-0.2, 0) is 6.54 Å². The first-order valence-electron chi connectivity index (χ1n) is 8.87. The third-order valence-electron chi connectivity index (χ3n) is 4.24. The van der Waals surface area contributed by atoms with Crippen molar-refractivity contribution in [2.45, 2.75) is 27.3 Å². The standard InChI is InChI=1S/C18H23N9O2/c1-10-6-11(2)13(12(3)7-10)8-20-22-18(28)15-14(9-26(4)5)27(25-21-15)17-16(19)23-29-24-17/h6-8H,9H2,1-5H3,(H2,19,23)(H,22,28)/b20-8-. The van der Waals surface area contributed by atoms with E-state index >= 15 is 0 Å². The Labute approximate surface area is 167 Å². The van der Waals surface area contributed by atoms with E-state index in [9.17, 15) is 4.79 Å². The number of rotatable bonds is 6. The number of hydrogen-bond acceptors (Lipinski definition) is 9. The fraction of sp³-hybridized carbons (Fsp3) is 0.333. The van der Waals surface area contributed by atoms with Crippen molar-refractivity contribution in [1.29, 1.82) is 0 Å². The molecule has 1 amide bonds. The third-order valence-corrected chi connectivity index (χ3v) is 4.24. The van der Waals surface area contributed by atoms with E-state index < -0.39 is 5.91 Å². The minimum atomic E-state index is -0.498. The number of carbonyl (C=O) groups is 1. The van der Waals surface area contributed by atoms with Crippen molar-refractivity contribution in [3.8, 4) is 5.82 Å². The summed E-state index contributed by atoms with van der Waals surface area (Å²) in [5.74, 6) is -0.283. The van der Waals surface area contributed by atoms with Crippen molar-refractivity contribution in [3.05, 3.63) is 45.8 Å². The average molecular weight is 397 g/mol. The summed E-state index contributed by atoms with van der Waals surface area (Å²) in [7, 11) is 3.70. The van der Waals surface area contributed by atoms with E-state index in [2.05, 4.69) is 47.9 Å². The number of carbonyl (C=O) groups excluding carboxylic acids is 1. The van der Waals surface area contributed by atoms with Gasteiger partial charge < -0.3 is 10.6 Å². The molecule has 0 unspecified atom stereocenters. The summed E-state index contributed by atoms with van der Waals surface area (Å²) in [6, 6.07) is 4.13. The molecule has 0 radical (unpaired) electrons. The third kappa shape index (κ3) is 4.29. The molecule has 2 heterocycles. The number of nitrogens with one attached hydrogen (secondary N) is 1. The van der Waals surface area contributed by atoms with Gasteiger partial charge >= 0.3 is 0 Å². The largest absolute Gasteiger partial charge is 0.378 e. The molecule has 11 heteroatoms. The molecule has 0 atom stereocenters. The molecule has 0 aliphatic carbocycles. The maximum atomic E-state index is 12.7. The molecule has 0 aliphatic heterocycles. The zero-order valence-corrected chi connectivity index (χ0v) is 17.0. The van der Waals surface area contributed by atoms with Crippen molar-refractivity contribution < 1.29 is 9.42 Å². The van der Waals surface area contributed by atoms with Gasteiger partial charge in [0.15, 0.2) is 5.69 Å². The van der Waals surface area contributed by atoms with E-state index in [4.69, 9.17) is 5.73 Å². The summed E-state index contributed by atoms with van der Waals surface area (Å²) in [5.41, 5.74) is 13.1. The molecule has 0 spiro atoms. The number of amides is 1. The normalized spacial score (nSPS) is 11.5. The summed E-state index contributed by atoms with van der Waals surface area (Å²) in [6.07, 6.45) is 1.62. The summed E-state index contributed by atoms with van der Waals surface area (Å²) in [6.45, 7) is 6.40. The summed E-state index contributed by atoms with van der Waals surface area (Å²) >= 11 is 0. The van der Waals surface area contributed by atoms with Gasteiger partial charge in [-0.25, -0.2) is 10.1 Å². The highest BCUT2D eigenvalue weighted by Crippen LogP contribution is 2.17. The lowest BCUT2D eigenvalue weighted by molar-refractivity contribution is 0.0948. The zero-order chi connectivity index (χ0) is 21.1. The smallest absolute Gasteiger partial charge is 0.293 e. The van der Waals surface area contributed by atoms with Gasteiger partial charge in [0.05, 0.1) is 11.9 Å². The van der Waals surface area contributed by atoms with Gasteiger partial charge in [-0.1, -0.05) is 22.9 Å². The second-order valence-corrected chi connectivity index (χ2v) is 7.02. The maximum Gasteiger partial charge on any atom is 0.293 e. The quantitative estimate of drug-likeness (QED) is 0.463. The van der Waals surface area contributed by atoms with Gasteiger partial charge in [0.1, 0.15) is 0 Å². The molecule has 0 bridgehead atoms. The van der Waals surface area contributed by atoms with Crippen molar-refractivity contribution in [1.82, 2.24) is 35.6 Å². The number of nitrogens with zero attached hydrogens (tertiary/aromatic N) is 7. The molecule has 2 aromatic heterocycles. The Hall–Kier alpha value is -3.60. The highest BCUT2D eigenvalue weighted by molar-refractivity contribution is 5.94. The second kappa shape index (κ2) is 8.19. The number of nitrogen functional groups attached to an aromatic ring is 1. The van der Waals surface area contributed by atoms with Crippen molar-refractivity contribution >= 4 is 17.9 Å². The Morgan fingerprint density at radius 2 is 1.97 bits per heavy atom.